The van der Waals surface area contributed by atoms with Crippen LogP contribution in [0.4, 0.5) is 0 Å². The molecule has 0 spiro atoms. The summed E-state index contributed by atoms with van der Waals surface area (Å²) in [5.74, 6) is 1.65. The Morgan fingerprint density at radius 2 is 1.59 bits per heavy atom. The van der Waals surface area contributed by atoms with E-state index in [2.05, 4.69) is 0 Å². The summed E-state index contributed by atoms with van der Waals surface area (Å²) < 4.78 is 39.6. The average molecular weight is 381 g/mol. The fraction of sp³-hybridized carbons (Fsp3) is 0.143. The van der Waals surface area contributed by atoms with Crippen LogP contribution in [0.1, 0.15) is 11.1 Å². The second-order valence-electron chi connectivity index (χ2n) is 6.24. The quantitative estimate of drug-likeness (QED) is 0.683. The maximum absolute atomic E-state index is 13.4. The van der Waals surface area contributed by atoms with Crippen LogP contribution in [0.25, 0.3) is 0 Å². The van der Waals surface area contributed by atoms with Gasteiger partial charge in [0.25, 0.3) is 0 Å². The summed E-state index contributed by atoms with van der Waals surface area (Å²) in [6.07, 6.45) is 0. The highest BCUT2D eigenvalue weighted by atomic mass is 32.2. The number of hydrogen-bond acceptors (Lipinski definition) is 4. The fourth-order valence-electron chi connectivity index (χ4n) is 3.18. The van der Waals surface area contributed by atoms with Crippen LogP contribution in [0.15, 0.2) is 77.7 Å². The van der Waals surface area contributed by atoms with Crippen molar-refractivity contribution in [2.45, 2.75) is 18.0 Å². The normalized spacial score (nSPS) is 15.6. The number of fused-ring (bicyclic) bond motifs is 2. The minimum Gasteiger partial charge on any atom is -0.496 e. The molecule has 0 N–H and O–H groups in total. The predicted molar refractivity (Wildman–Crippen MR) is 102 cm³/mol. The van der Waals surface area contributed by atoms with E-state index >= 15 is 0 Å². The van der Waals surface area contributed by atoms with Gasteiger partial charge in [-0.25, -0.2) is 8.42 Å². The molecule has 0 saturated heterocycles. The van der Waals surface area contributed by atoms with Crippen molar-refractivity contribution in [1.29, 1.82) is 0 Å². The Kier molecular flexibility index (Phi) is 4.59. The molecule has 5 nitrogen and oxygen atoms in total. The van der Waals surface area contributed by atoms with E-state index in [0.29, 0.717) is 17.2 Å². The van der Waals surface area contributed by atoms with Gasteiger partial charge in [-0.2, -0.15) is 4.31 Å². The summed E-state index contributed by atoms with van der Waals surface area (Å²) in [4.78, 5) is 0.161. The molecule has 1 aliphatic heterocycles. The molecule has 0 aromatic heterocycles. The molecule has 0 bridgehead atoms. The van der Waals surface area contributed by atoms with Gasteiger partial charge in [0.1, 0.15) is 22.1 Å². The number of sulfonamides is 1. The van der Waals surface area contributed by atoms with E-state index in [0.717, 1.165) is 11.1 Å². The summed E-state index contributed by atoms with van der Waals surface area (Å²) in [6.45, 7) is 0.417. The van der Waals surface area contributed by atoms with E-state index in [1.165, 1.54) is 4.31 Å². The van der Waals surface area contributed by atoms with E-state index in [1.807, 2.05) is 48.5 Å². The number of nitrogens with zero attached hydrogens (tertiary/aromatic N) is 1. The van der Waals surface area contributed by atoms with Crippen LogP contribution in [0.3, 0.4) is 0 Å². The van der Waals surface area contributed by atoms with Crippen LogP contribution in [0.5, 0.6) is 17.2 Å². The van der Waals surface area contributed by atoms with Crippen LogP contribution in [0, 0.1) is 0 Å². The van der Waals surface area contributed by atoms with Crippen LogP contribution in [-0.2, 0) is 23.1 Å². The lowest BCUT2D eigenvalue weighted by atomic mass is 10.1. The van der Waals surface area contributed by atoms with Gasteiger partial charge >= 0.3 is 0 Å². The molecule has 0 unspecified atom stereocenters. The van der Waals surface area contributed by atoms with Crippen molar-refractivity contribution < 1.29 is 17.9 Å². The number of ether oxygens (including phenoxy) is 2. The van der Waals surface area contributed by atoms with Gasteiger partial charge in [0.2, 0.25) is 10.0 Å². The molecule has 27 heavy (non-hydrogen) atoms. The molecular weight excluding hydrogens is 362 g/mol. The number of benzene rings is 3. The maximum Gasteiger partial charge on any atom is 0.247 e. The van der Waals surface area contributed by atoms with Crippen molar-refractivity contribution in [3.63, 3.8) is 0 Å². The first-order valence-corrected chi connectivity index (χ1v) is 10.0. The average Bonchev–Trinajstić information content (AvgIpc) is 2.68. The monoisotopic (exact) mass is 381 g/mol. The Bertz CT molecular complexity index is 1080. The van der Waals surface area contributed by atoms with Crippen molar-refractivity contribution in [2.75, 3.05) is 7.11 Å². The number of methoxy groups -OCH3 is 1. The molecule has 6 heteroatoms. The van der Waals surface area contributed by atoms with E-state index in [4.69, 9.17) is 9.47 Å². The summed E-state index contributed by atoms with van der Waals surface area (Å²) in [5, 5.41) is 0. The first-order chi connectivity index (χ1) is 13.1. The van der Waals surface area contributed by atoms with Gasteiger partial charge in [-0.15, -0.1) is 0 Å². The van der Waals surface area contributed by atoms with Crippen LogP contribution >= 0.6 is 0 Å². The zero-order valence-electron chi connectivity index (χ0n) is 14.8. The van der Waals surface area contributed by atoms with E-state index < -0.39 is 10.0 Å². The molecule has 0 radical (unpaired) electrons. The molecule has 4 rings (SSSR count). The predicted octanol–water partition coefficient (Wildman–Crippen LogP) is 4.19. The molecule has 3 aromatic carbocycles. The van der Waals surface area contributed by atoms with Gasteiger partial charge in [0.05, 0.1) is 7.11 Å². The standard InChI is InChI=1S/C21H19NO4S/c1-25-18-10-4-2-8-16(18)14-22-15-17-9-3-5-11-19(17)26-20-12-6-7-13-21(20)27(22,23)24/h2-13H,14-15H2,1H3. The van der Waals surface area contributed by atoms with Gasteiger partial charge in [-0.3, -0.25) is 0 Å². The minimum atomic E-state index is -3.76. The largest absolute Gasteiger partial charge is 0.496 e. The minimum absolute atomic E-state index is 0.161. The molecule has 0 atom stereocenters. The molecule has 138 valence electrons. The SMILES string of the molecule is COc1ccccc1CN1Cc2ccccc2Oc2ccccc2S1(=O)=O. The Labute approximate surface area is 158 Å². The van der Waals surface area contributed by atoms with Crippen molar-refractivity contribution in [3.8, 4) is 17.2 Å². The molecule has 1 heterocycles. The second kappa shape index (κ2) is 7.06. The first kappa shape index (κ1) is 17.6. The van der Waals surface area contributed by atoms with Gasteiger partial charge in [0, 0.05) is 24.2 Å². The Morgan fingerprint density at radius 3 is 2.41 bits per heavy atom. The Balaban J connectivity index is 1.85. The van der Waals surface area contributed by atoms with Crippen LogP contribution < -0.4 is 9.47 Å². The lowest BCUT2D eigenvalue weighted by Gasteiger charge is -2.27. The molecule has 0 amide bonds. The molecule has 3 aromatic rings. The Morgan fingerprint density at radius 1 is 0.926 bits per heavy atom. The number of para-hydroxylation sites is 3. The topological polar surface area (TPSA) is 55.8 Å². The van der Waals surface area contributed by atoms with Crippen LogP contribution in [-0.4, -0.2) is 19.8 Å². The highest BCUT2D eigenvalue weighted by Crippen LogP contribution is 2.37. The lowest BCUT2D eigenvalue weighted by Crippen LogP contribution is -2.31. The van der Waals surface area contributed by atoms with Gasteiger partial charge < -0.3 is 9.47 Å². The number of rotatable bonds is 3. The third-order valence-electron chi connectivity index (χ3n) is 4.55. The van der Waals surface area contributed by atoms with Crippen molar-refractivity contribution in [2.24, 2.45) is 0 Å². The van der Waals surface area contributed by atoms with Crippen molar-refractivity contribution in [3.05, 3.63) is 83.9 Å². The fourth-order valence-corrected chi connectivity index (χ4v) is 4.69. The van der Waals surface area contributed by atoms with Gasteiger partial charge in [-0.1, -0.05) is 48.5 Å². The highest BCUT2D eigenvalue weighted by Gasteiger charge is 2.31. The molecule has 0 saturated carbocycles. The van der Waals surface area contributed by atoms with Crippen molar-refractivity contribution in [1.82, 2.24) is 4.31 Å². The third-order valence-corrected chi connectivity index (χ3v) is 6.38. The smallest absolute Gasteiger partial charge is 0.247 e. The Hall–Kier alpha value is -2.83. The summed E-state index contributed by atoms with van der Waals surface area (Å²) in [5.41, 5.74) is 1.62. The van der Waals surface area contributed by atoms with Gasteiger partial charge in [-0.05, 0) is 24.3 Å². The molecular formula is C21H19NO4S. The molecule has 0 fully saturated rings. The van der Waals surface area contributed by atoms with Gasteiger partial charge in [0.15, 0.2) is 0 Å². The highest BCUT2D eigenvalue weighted by molar-refractivity contribution is 7.89. The third kappa shape index (κ3) is 3.29. The maximum atomic E-state index is 13.4. The van der Waals surface area contributed by atoms with E-state index in [1.54, 1.807) is 31.4 Å². The van der Waals surface area contributed by atoms with Crippen molar-refractivity contribution >= 4 is 10.0 Å². The lowest BCUT2D eigenvalue weighted by molar-refractivity contribution is 0.361. The zero-order valence-corrected chi connectivity index (χ0v) is 15.6. The zero-order chi connectivity index (χ0) is 18.9. The molecule has 1 aliphatic rings. The summed E-state index contributed by atoms with van der Waals surface area (Å²) >= 11 is 0. The number of hydrogen-bond donors (Lipinski definition) is 0. The second-order valence-corrected chi connectivity index (χ2v) is 8.15. The summed E-state index contributed by atoms with van der Waals surface area (Å²) in [7, 11) is -2.17. The first-order valence-electron chi connectivity index (χ1n) is 8.56. The molecule has 0 aliphatic carbocycles. The van der Waals surface area contributed by atoms with E-state index in [9.17, 15) is 8.42 Å². The van der Waals surface area contributed by atoms with E-state index in [-0.39, 0.29) is 18.0 Å². The summed E-state index contributed by atoms with van der Waals surface area (Å²) in [6, 6.07) is 21.7. The van der Waals surface area contributed by atoms with Crippen LogP contribution in [0.2, 0.25) is 0 Å².